The van der Waals surface area contributed by atoms with Gasteiger partial charge in [-0.05, 0) is 59.7 Å². The zero-order chi connectivity index (χ0) is 20.6. The van der Waals surface area contributed by atoms with Gasteiger partial charge < -0.3 is 9.97 Å². The standard InChI is InChI=1S/C28H22N2S/c1-3-7-19(8-4-1)27-23-15-13-21(29-23)11-12-22-14-16-24(30-22)28(20-9-5-2-6-10-20)26-18-17-25(27)31-26/h1-18,27-30H/b12-11-. The van der Waals surface area contributed by atoms with Gasteiger partial charge >= 0.3 is 0 Å². The van der Waals surface area contributed by atoms with Crippen molar-refractivity contribution < 1.29 is 0 Å². The lowest BCUT2D eigenvalue weighted by Crippen LogP contribution is -2.03. The molecule has 3 aromatic heterocycles. The van der Waals surface area contributed by atoms with Gasteiger partial charge in [0, 0.05) is 32.5 Å². The van der Waals surface area contributed by atoms with Crippen molar-refractivity contribution in [2.45, 2.75) is 11.8 Å². The Balaban J connectivity index is 1.57. The van der Waals surface area contributed by atoms with E-state index in [-0.39, 0.29) is 11.8 Å². The molecular formula is C28H22N2S. The Morgan fingerprint density at radius 1 is 0.484 bits per heavy atom. The number of H-pyrrole nitrogens is 2. The summed E-state index contributed by atoms with van der Waals surface area (Å²) in [7, 11) is 0. The first kappa shape index (κ1) is 18.2. The van der Waals surface area contributed by atoms with Crippen molar-refractivity contribution >= 4 is 23.5 Å². The van der Waals surface area contributed by atoms with E-state index in [0.717, 1.165) is 11.4 Å². The molecule has 2 nitrogen and oxygen atoms in total. The molecule has 2 aromatic carbocycles. The van der Waals surface area contributed by atoms with Crippen LogP contribution in [-0.4, -0.2) is 9.97 Å². The maximum absolute atomic E-state index is 3.65. The molecule has 1 aliphatic rings. The normalized spacial score (nSPS) is 18.6. The van der Waals surface area contributed by atoms with E-state index in [1.807, 2.05) is 11.3 Å². The summed E-state index contributed by atoms with van der Waals surface area (Å²) in [6.45, 7) is 0. The average molecular weight is 419 g/mol. The summed E-state index contributed by atoms with van der Waals surface area (Å²) >= 11 is 1.91. The molecule has 3 heteroatoms. The molecule has 4 heterocycles. The summed E-state index contributed by atoms with van der Waals surface area (Å²) in [5.74, 6) is 0.384. The van der Waals surface area contributed by atoms with Crippen molar-refractivity contribution in [2.75, 3.05) is 0 Å². The van der Waals surface area contributed by atoms with Crippen molar-refractivity contribution in [1.29, 1.82) is 0 Å². The highest BCUT2D eigenvalue weighted by Gasteiger charge is 2.25. The number of aromatic amines is 2. The highest BCUT2D eigenvalue weighted by Crippen LogP contribution is 2.41. The largest absolute Gasteiger partial charge is 0.358 e. The smallest absolute Gasteiger partial charge is 0.0584 e. The number of nitrogens with one attached hydrogen (secondary N) is 2. The number of rotatable bonds is 2. The van der Waals surface area contributed by atoms with Crippen molar-refractivity contribution in [1.82, 2.24) is 9.97 Å². The Labute approximate surface area is 185 Å². The summed E-state index contributed by atoms with van der Waals surface area (Å²) < 4.78 is 0. The number of fused-ring (bicyclic) bond motifs is 6. The van der Waals surface area contributed by atoms with Gasteiger partial charge in [-0.15, -0.1) is 11.3 Å². The summed E-state index contributed by atoms with van der Waals surface area (Å²) in [6, 6.07) is 35.0. The van der Waals surface area contributed by atoms with Crippen LogP contribution in [0.4, 0.5) is 0 Å². The minimum atomic E-state index is 0.192. The maximum Gasteiger partial charge on any atom is 0.0584 e. The molecule has 31 heavy (non-hydrogen) atoms. The minimum absolute atomic E-state index is 0.192. The molecule has 0 radical (unpaired) electrons. The highest BCUT2D eigenvalue weighted by molar-refractivity contribution is 7.12. The fourth-order valence-corrected chi connectivity index (χ4v) is 5.84. The van der Waals surface area contributed by atoms with Crippen LogP contribution in [0.1, 0.15) is 55.5 Å². The van der Waals surface area contributed by atoms with Crippen LogP contribution >= 0.6 is 11.3 Å². The van der Waals surface area contributed by atoms with Gasteiger partial charge in [-0.25, -0.2) is 0 Å². The predicted molar refractivity (Wildman–Crippen MR) is 130 cm³/mol. The summed E-state index contributed by atoms with van der Waals surface area (Å²) in [4.78, 5) is 10.0. The molecule has 6 bridgehead atoms. The van der Waals surface area contributed by atoms with Crippen molar-refractivity contribution in [2.24, 2.45) is 0 Å². The number of benzene rings is 2. The SMILES string of the molecule is C1=C\c2ccc([nH]2)C(c2ccccc2)c2ccc(s2)C(c2ccccc2)c2ccc/1[nH]2. The second kappa shape index (κ2) is 7.60. The molecule has 5 aromatic rings. The van der Waals surface area contributed by atoms with Crippen LogP contribution in [0.2, 0.25) is 0 Å². The Morgan fingerprint density at radius 3 is 1.39 bits per heavy atom. The Kier molecular flexibility index (Phi) is 4.47. The van der Waals surface area contributed by atoms with Gasteiger partial charge in [-0.1, -0.05) is 60.7 Å². The lowest BCUT2D eigenvalue weighted by Gasteiger charge is -2.17. The second-order valence-electron chi connectivity index (χ2n) is 8.00. The first-order chi connectivity index (χ1) is 15.3. The van der Waals surface area contributed by atoms with E-state index in [2.05, 4.69) is 119 Å². The number of hydrogen-bond acceptors (Lipinski definition) is 1. The van der Waals surface area contributed by atoms with Crippen LogP contribution in [0.25, 0.3) is 12.2 Å². The second-order valence-corrected chi connectivity index (χ2v) is 9.15. The van der Waals surface area contributed by atoms with Gasteiger partial charge in [-0.3, -0.25) is 0 Å². The molecule has 0 fully saturated rings. The van der Waals surface area contributed by atoms with Gasteiger partial charge in [0.25, 0.3) is 0 Å². The Hall–Kier alpha value is -3.56. The molecule has 6 rings (SSSR count). The molecule has 2 N–H and O–H groups in total. The van der Waals surface area contributed by atoms with E-state index < -0.39 is 0 Å². The van der Waals surface area contributed by atoms with E-state index in [1.165, 1.54) is 32.3 Å². The van der Waals surface area contributed by atoms with Gasteiger partial charge in [0.05, 0.1) is 11.8 Å². The van der Waals surface area contributed by atoms with Crippen molar-refractivity contribution in [3.8, 4) is 0 Å². The van der Waals surface area contributed by atoms with Crippen LogP contribution in [-0.2, 0) is 0 Å². The molecule has 2 atom stereocenters. The van der Waals surface area contributed by atoms with Crippen LogP contribution < -0.4 is 0 Å². The van der Waals surface area contributed by atoms with Crippen molar-refractivity contribution in [3.63, 3.8) is 0 Å². The Morgan fingerprint density at radius 2 is 0.935 bits per heavy atom. The lowest BCUT2D eigenvalue weighted by molar-refractivity contribution is 0.953. The molecule has 0 saturated heterocycles. The fraction of sp³-hybridized carbons (Fsp3) is 0.0714. The third kappa shape index (κ3) is 3.37. The molecule has 2 unspecified atom stereocenters. The van der Waals surface area contributed by atoms with E-state index >= 15 is 0 Å². The summed E-state index contributed by atoms with van der Waals surface area (Å²) in [5, 5.41) is 0. The number of hydrogen-bond donors (Lipinski definition) is 2. The third-order valence-electron chi connectivity index (χ3n) is 6.01. The van der Waals surface area contributed by atoms with Crippen LogP contribution in [0, 0.1) is 0 Å². The van der Waals surface area contributed by atoms with Crippen LogP contribution in [0.5, 0.6) is 0 Å². The number of thiophene rings is 1. The lowest BCUT2D eigenvalue weighted by atomic mass is 9.93. The minimum Gasteiger partial charge on any atom is -0.358 e. The van der Waals surface area contributed by atoms with Gasteiger partial charge in [0.2, 0.25) is 0 Å². The van der Waals surface area contributed by atoms with Gasteiger partial charge in [0.15, 0.2) is 0 Å². The first-order valence-corrected chi connectivity index (χ1v) is 11.4. The highest BCUT2D eigenvalue weighted by atomic mass is 32.1. The summed E-state index contributed by atoms with van der Waals surface area (Å²) in [6.07, 6.45) is 4.30. The molecule has 0 spiro atoms. The average Bonchev–Trinajstić information content (AvgIpc) is 3.57. The van der Waals surface area contributed by atoms with Crippen LogP contribution in [0.15, 0.2) is 97.1 Å². The monoisotopic (exact) mass is 418 g/mol. The predicted octanol–water partition coefficient (Wildman–Crippen LogP) is 7.25. The van der Waals surface area contributed by atoms with Gasteiger partial charge in [0.1, 0.15) is 0 Å². The van der Waals surface area contributed by atoms with Crippen molar-refractivity contribution in [3.05, 3.63) is 141 Å². The quantitative estimate of drug-likeness (QED) is 0.297. The molecule has 0 amide bonds. The maximum atomic E-state index is 3.65. The Bertz CT molecular complexity index is 1240. The molecule has 0 saturated carbocycles. The molecular weight excluding hydrogens is 396 g/mol. The molecule has 1 aliphatic heterocycles. The molecule has 0 aliphatic carbocycles. The van der Waals surface area contributed by atoms with Gasteiger partial charge in [-0.2, -0.15) is 0 Å². The van der Waals surface area contributed by atoms with E-state index in [1.54, 1.807) is 0 Å². The van der Waals surface area contributed by atoms with E-state index in [4.69, 9.17) is 0 Å². The van der Waals surface area contributed by atoms with E-state index in [0.29, 0.717) is 0 Å². The van der Waals surface area contributed by atoms with E-state index in [9.17, 15) is 0 Å². The number of aromatic nitrogens is 2. The molecule has 150 valence electrons. The topological polar surface area (TPSA) is 31.6 Å². The first-order valence-electron chi connectivity index (χ1n) is 10.6. The summed E-state index contributed by atoms with van der Waals surface area (Å²) in [5.41, 5.74) is 7.29. The zero-order valence-electron chi connectivity index (χ0n) is 17.0. The van der Waals surface area contributed by atoms with Crippen LogP contribution in [0.3, 0.4) is 0 Å². The fourth-order valence-electron chi connectivity index (χ4n) is 4.53. The zero-order valence-corrected chi connectivity index (χ0v) is 17.8. The third-order valence-corrected chi connectivity index (χ3v) is 7.22.